The maximum Gasteiger partial charge on any atom is 0.257 e. The van der Waals surface area contributed by atoms with Crippen molar-refractivity contribution >= 4 is 79.6 Å². The highest BCUT2D eigenvalue weighted by Crippen LogP contribution is 2.38. The summed E-state index contributed by atoms with van der Waals surface area (Å²) in [6.07, 6.45) is 15.6. The molecule has 10 rings (SSSR count). The highest BCUT2D eigenvalue weighted by atomic mass is 32.1. The number of nitrogens with two attached hydrogens (primary N) is 2. The number of benzene rings is 2. The van der Waals surface area contributed by atoms with Crippen LogP contribution >= 0.6 is 11.3 Å². The van der Waals surface area contributed by atoms with Crippen molar-refractivity contribution in [2.24, 2.45) is 0 Å². The van der Waals surface area contributed by atoms with E-state index < -0.39 is 0 Å². The lowest BCUT2D eigenvalue weighted by molar-refractivity contribution is -0.118. The van der Waals surface area contributed by atoms with Crippen LogP contribution in [-0.2, 0) is 9.59 Å². The van der Waals surface area contributed by atoms with Gasteiger partial charge in [0.25, 0.3) is 11.8 Å². The summed E-state index contributed by atoms with van der Waals surface area (Å²) in [4.78, 5) is 75.4. The first kappa shape index (κ1) is 49.3. The van der Waals surface area contributed by atoms with Gasteiger partial charge in [-0.3, -0.25) is 24.5 Å². The van der Waals surface area contributed by atoms with Crippen LogP contribution in [0.3, 0.4) is 0 Å². The minimum atomic E-state index is -0.247. The van der Waals surface area contributed by atoms with Crippen LogP contribution in [0.5, 0.6) is 0 Å². The van der Waals surface area contributed by atoms with E-state index in [4.69, 9.17) is 21.7 Å². The molecule has 2 aliphatic rings. The minimum Gasteiger partial charge on any atom is -0.383 e. The van der Waals surface area contributed by atoms with Crippen LogP contribution in [0, 0.1) is 13.8 Å². The van der Waals surface area contributed by atoms with Crippen LogP contribution in [0.25, 0.3) is 44.6 Å². The summed E-state index contributed by atoms with van der Waals surface area (Å²) >= 11 is 1.43. The number of nitrogen functional groups attached to an aromatic ring is 2. The molecule has 8 aromatic rings. The molecular weight excluding hydrogens is 945 g/mol. The number of carbonyl (C=O) groups is 4. The van der Waals surface area contributed by atoms with E-state index in [-0.39, 0.29) is 47.8 Å². The molecule has 2 aromatic carbocycles. The first-order valence-electron chi connectivity index (χ1n) is 23.9. The van der Waals surface area contributed by atoms with E-state index in [1.807, 2.05) is 59.6 Å². The number of nitrogens with one attached hydrogen (secondary N) is 4. The van der Waals surface area contributed by atoms with Gasteiger partial charge >= 0.3 is 0 Å². The number of hydrogen-bond donors (Lipinski definition) is 6. The van der Waals surface area contributed by atoms with E-state index in [0.717, 1.165) is 72.9 Å². The molecule has 6 aromatic heterocycles. The molecule has 73 heavy (non-hydrogen) atoms. The van der Waals surface area contributed by atoms with Crippen molar-refractivity contribution in [3.63, 3.8) is 0 Å². The molecule has 0 atom stereocenters. The predicted octanol–water partition coefficient (Wildman–Crippen LogP) is 7.70. The Kier molecular flexibility index (Phi) is 14.7. The Morgan fingerprint density at radius 1 is 0.616 bits per heavy atom. The van der Waals surface area contributed by atoms with Crippen LogP contribution in [0.15, 0.2) is 111 Å². The molecule has 21 heteroatoms. The predicted molar refractivity (Wildman–Crippen MR) is 281 cm³/mol. The molecule has 20 nitrogen and oxygen atoms in total. The molecule has 0 aliphatic heterocycles. The fraction of sp³-hybridized carbons (Fsp3) is 0.269. The van der Waals surface area contributed by atoms with Crippen molar-refractivity contribution in [2.75, 3.05) is 22.1 Å². The highest BCUT2D eigenvalue weighted by molar-refractivity contribution is 7.15. The zero-order valence-corrected chi connectivity index (χ0v) is 41.1. The molecule has 2 fully saturated rings. The van der Waals surface area contributed by atoms with Gasteiger partial charge in [-0.15, -0.1) is 11.3 Å². The zero-order chi connectivity index (χ0) is 51.2. The van der Waals surface area contributed by atoms with Gasteiger partial charge in [0.2, 0.25) is 11.8 Å². The molecule has 0 unspecified atom stereocenters. The normalized spacial score (nSPS) is 17.5. The Morgan fingerprint density at radius 3 is 1.51 bits per heavy atom. The van der Waals surface area contributed by atoms with Gasteiger partial charge in [-0.2, -0.15) is 10.2 Å². The van der Waals surface area contributed by atoms with E-state index in [1.165, 1.54) is 36.1 Å². The van der Waals surface area contributed by atoms with Crippen LogP contribution in [-0.4, -0.2) is 85.2 Å². The van der Waals surface area contributed by atoms with Crippen molar-refractivity contribution in [3.8, 4) is 22.5 Å². The molecule has 2 saturated carbocycles. The lowest BCUT2D eigenvalue weighted by Gasteiger charge is -2.29. The third-order valence-electron chi connectivity index (χ3n) is 13.0. The molecule has 2 aliphatic carbocycles. The largest absolute Gasteiger partial charge is 0.383 e. The molecule has 8 N–H and O–H groups in total. The maximum absolute atomic E-state index is 12.7. The number of rotatable bonds is 12. The number of thiazole rings is 1. The first-order valence-corrected chi connectivity index (χ1v) is 24.7. The maximum atomic E-state index is 12.7. The number of fused-ring (bicyclic) bond motifs is 2. The Balaban J connectivity index is 0.000000180. The monoisotopic (exact) mass is 998 g/mol. The Hall–Kier alpha value is -8.72. The standard InChI is InChI=1S/C27H28N8O2.C25H26N8O2S/c1-3-22(36)32-19-8-10-20(11-9-19)35-26-23(25(28)30-15-31-26)24(34-35)17-4-6-18(7-5-17)27(37)33-21-14-16(2)12-13-29-21;1-3-19(34)30-17-8-10-18(11-9-17)33-23-20(22(26)28-13-29-23)21(32-33)15-4-6-16(7-5-15)24(35)31-25-27-12-14(2)36-25/h3-7,12-15,19-20H,1,8-11H2,2H3,(H,32,36)(H2,28,30,31)(H,29,33,37);3-7,12-13,17-18H,1,8-11H2,2H3,(H,30,34)(H2,26,28,29)(H,27,31,35). The van der Waals surface area contributed by atoms with Gasteiger partial charge < -0.3 is 27.4 Å². The molecule has 4 amide bonds. The first-order chi connectivity index (χ1) is 35.3. The topological polar surface area (TPSA) is 281 Å². The summed E-state index contributed by atoms with van der Waals surface area (Å²) in [5.41, 5.74) is 18.9. The van der Waals surface area contributed by atoms with Crippen molar-refractivity contribution < 1.29 is 19.2 Å². The third-order valence-corrected chi connectivity index (χ3v) is 13.9. The van der Waals surface area contributed by atoms with E-state index in [1.54, 1.807) is 36.7 Å². The number of amides is 4. The van der Waals surface area contributed by atoms with Crippen molar-refractivity contribution in [1.29, 1.82) is 0 Å². The number of aryl methyl sites for hydroxylation is 2. The van der Waals surface area contributed by atoms with E-state index >= 15 is 0 Å². The molecule has 6 heterocycles. The van der Waals surface area contributed by atoms with Crippen LogP contribution in [0.1, 0.15) is 94.6 Å². The molecule has 0 radical (unpaired) electrons. The third kappa shape index (κ3) is 11.1. The number of hydrogen-bond acceptors (Lipinski definition) is 15. The SMILES string of the molecule is C=CC(=O)NC1CCC(n2nc(-c3ccc(C(=O)Nc4cc(C)ccn4)cc3)c3c(N)ncnc32)CC1.C=CC(=O)NC1CCC(n2nc(-c3ccc(C(=O)Nc4ncc(C)s4)cc3)c3c(N)ncnc32)CC1. The van der Waals surface area contributed by atoms with Gasteiger partial charge in [0, 0.05) is 51.6 Å². The number of aromatic nitrogens is 10. The van der Waals surface area contributed by atoms with Gasteiger partial charge in [0.1, 0.15) is 41.5 Å². The average molecular weight is 999 g/mol. The number of nitrogens with zero attached hydrogens (tertiary/aromatic N) is 10. The number of pyridine rings is 1. The number of anilines is 4. The number of carbonyl (C=O) groups excluding carboxylic acids is 4. The van der Waals surface area contributed by atoms with E-state index in [0.29, 0.717) is 67.2 Å². The lowest BCUT2D eigenvalue weighted by atomic mass is 9.91. The molecule has 0 saturated heterocycles. The smallest absolute Gasteiger partial charge is 0.257 e. The highest BCUT2D eigenvalue weighted by Gasteiger charge is 2.29. The molecule has 372 valence electrons. The van der Waals surface area contributed by atoms with Gasteiger partial charge in [0.15, 0.2) is 16.4 Å². The summed E-state index contributed by atoms with van der Waals surface area (Å²) in [7, 11) is 0. The molecule has 0 bridgehead atoms. The van der Waals surface area contributed by atoms with Crippen LogP contribution < -0.4 is 32.7 Å². The fourth-order valence-corrected chi connectivity index (χ4v) is 9.95. The lowest BCUT2D eigenvalue weighted by Crippen LogP contribution is -2.37. The van der Waals surface area contributed by atoms with Crippen LogP contribution in [0.2, 0.25) is 0 Å². The van der Waals surface area contributed by atoms with Gasteiger partial charge in [-0.05, 0) is 119 Å². The van der Waals surface area contributed by atoms with Gasteiger partial charge in [-0.1, -0.05) is 37.4 Å². The Bertz CT molecular complexity index is 3350. The summed E-state index contributed by atoms with van der Waals surface area (Å²) in [6, 6.07) is 18.6. The fourth-order valence-electron chi connectivity index (χ4n) is 9.29. The summed E-state index contributed by atoms with van der Waals surface area (Å²) in [5.74, 6) is 0.438. The molecular formula is C52H54N16O4S. The van der Waals surface area contributed by atoms with Gasteiger partial charge in [0.05, 0.1) is 22.9 Å². The van der Waals surface area contributed by atoms with Gasteiger partial charge in [-0.25, -0.2) is 39.3 Å². The van der Waals surface area contributed by atoms with Crippen LogP contribution in [0.4, 0.5) is 22.6 Å². The summed E-state index contributed by atoms with van der Waals surface area (Å²) in [6.45, 7) is 10.9. The molecule has 0 spiro atoms. The summed E-state index contributed by atoms with van der Waals surface area (Å²) in [5, 5.41) is 23.4. The van der Waals surface area contributed by atoms with Crippen molar-refractivity contribution in [3.05, 3.63) is 133 Å². The second kappa shape index (κ2) is 21.7. The quantitative estimate of drug-likeness (QED) is 0.0640. The van der Waals surface area contributed by atoms with E-state index in [9.17, 15) is 19.2 Å². The Morgan fingerprint density at radius 2 is 1.08 bits per heavy atom. The Labute approximate surface area is 423 Å². The van der Waals surface area contributed by atoms with Crippen molar-refractivity contribution in [2.45, 2.75) is 89.4 Å². The summed E-state index contributed by atoms with van der Waals surface area (Å²) < 4.78 is 3.86. The second-order valence-corrected chi connectivity index (χ2v) is 19.2. The zero-order valence-electron chi connectivity index (χ0n) is 40.3. The van der Waals surface area contributed by atoms with E-state index in [2.05, 4.69) is 64.3 Å². The van der Waals surface area contributed by atoms with Crippen molar-refractivity contribution in [1.82, 2.24) is 60.1 Å². The second-order valence-electron chi connectivity index (χ2n) is 18.0. The minimum absolute atomic E-state index is 0.120. The average Bonchev–Trinajstić information content (AvgIpc) is 4.13.